The van der Waals surface area contributed by atoms with Crippen molar-refractivity contribution in [3.63, 3.8) is 0 Å². The number of hydrogen-bond acceptors (Lipinski definition) is 4. The third-order valence-corrected chi connectivity index (χ3v) is 5.00. The number of halogens is 1. The standard InChI is InChI=1S/C19H18ClN3O2/c1-22-19(24)18(20)17(12-21-22)25-16-6-5-13-7-9-23(15-3-2-4-15)10-8-14(13)11-16/h2-6,11-12H,7-10H2,1H3. The molecule has 25 heavy (non-hydrogen) atoms. The molecule has 2 aromatic rings. The fourth-order valence-corrected chi connectivity index (χ4v) is 3.32. The lowest BCUT2D eigenvalue weighted by molar-refractivity contribution is 0.370. The predicted molar refractivity (Wildman–Crippen MR) is 97.2 cm³/mol. The molecule has 0 spiro atoms. The Bertz CT molecular complexity index is 946. The van der Waals surface area contributed by atoms with E-state index in [1.165, 1.54) is 27.7 Å². The van der Waals surface area contributed by atoms with Crippen LogP contribution in [0, 0.1) is 0 Å². The van der Waals surface area contributed by atoms with Crippen LogP contribution in [0.5, 0.6) is 11.5 Å². The van der Waals surface area contributed by atoms with Crippen molar-refractivity contribution in [2.24, 2.45) is 7.05 Å². The number of aryl methyl sites for hydroxylation is 1. The lowest BCUT2D eigenvalue weighted by Gasteiger charge is -2.26. The summed E-state index contributed by atoms with van der Waals surface area (Å²) in [5, 5.41) is 4.00. The van der Waals surface area contributed by atoms with Crippen molar-refractivity contribution < 1.29 is 4.74 Å². The minimum absolute atomic E-state index is 0.0438. The number of benzene rings is 1. The highest BCUT2D eigenvalue weighted by Gasteiger charge is 2.17. The molecule has 1 aromatic carbocycles. The molecule has 0 N–H and O–H groups in total. The van der Waals surface area contributed by atoms with Gasteiger partial charge < -0.3 is 9.64 Å². The molecule has 0 atom stereocenters. The van der Waals surface area contributed by atoms with Gasteiger partial charge in [0.05, 0.1) is 6.20 Å². The summed E-state index contributed by atoms with van der Waals surface area (Å²) >= 11 is 6.08. The van der Waals surface area contributed by atoms with E-state index in [1.807, 2.05) is 12.1 Å². The highest BCUT2D eigenvalue weighted by molar-refractivity contribution is 6.31. The maximum Gasteiger partial charge on any atom is 0.289 e. The van der Waals surface area contributed by atoms with Gasteiger partial charge in [-0.2, -0.15) is 5.10 Å². The van der Waals surface area contributed by atoms with Crippen molar-refractivity contribution in [3.05, 3.63) is 74.8 Å². The molecular weight excluding hydrogens is 338 g/mol. The van der Waals surface area contributed by atoms with Gasteiger partial charge in [-0.25, -0.2) is 4.68 Å². The van der Waals surface area contributed by atoms with Gasteiger partial charge in [0, 0.05) is 25.8 Å². The van der Waals surface area contributed by atoms with E-state index in [1.54, 1.807) is 7.05 Å². The van der Waals surface area contributed by atoms with Gasteiger partial charge in [-0.05, 0) is 48.3 Å². The summed E-state index contributed by atoms with van der Waals surface area (Å²) in [6, 6.07) is 6.06. The Morgan fingerprint density at radius 2 is 1.96 bits per heavy atom. The number of rotatable bonds is 3. The molecule has 0 amide bonds. The van der Waals surface area contributed by atoms with Crippen LogP contribution in [0.3, 0.4) is 0 Å². The predicted octanol–water partition coefficient (Wildman–Crippen LogP) is 3.08. The Labute approximate surface area is 150 Å². The van der Waals surface area contributed by atoms with E-state index in [-0.39, 0.29) is 16.3 Å². The summed E-state index contributed by atoms with van der Waals surface area (Å²) in [5.41, 5.74) is 3.55. The smallest absolute Gasteiger partial charge is 0.289 e. The fraction of sp³-hybridized carbons (Fsp3) is 0.263. The second-order valence-corrected chi connectivity index (χ2v) is 6.60. The monoisotopic (exact) mass is 355 g/mol. The third-order valence-electron chi connectivity index (χ3n) is 4.65. The third kappa shape index (κ3) is 3.07. The zero-order valence-corrected chi connectivity index (χ0v) is 14.7. The fourth-order valence-electron chi connectivity index (χ4n) is 3.11. The quantitative estimate of drug-likeness (QED) is 0.849. The first kappa shape index (κ1) is 16.0. The van der Waals surface area contributed by atoms with Crippen molar-refractivity contribution in [1.29, 1.82) is 0 Å². The Morgan fingerprint density at radius 3 is 2.68 bits per heavy atom. The van der Waals surface area contributed by atoms with Crippen LogP contribution in [0.15, 0.2) is 53.1 Å². The molecule has 5 nitrogen and oxygen atoms in total. The van der Waals surface area contributed by atoms with Crippen molar-refractivity contribution >= 4 is 11.6 Å². The molecule has 1 aliphatic carbocycles. The number of ether oxygens (including phenoxy) is 1. The van der Waals surface area contributed by atoms with Crippen LogP contribution in [0.1, 0.15) is 11.1 Å². The Kier molecular flexibility index (Phi) is 4.09. The first-order chi connectivity index (χ1) is 12.1. The second kappa shape index (κ2) is 6.41. The molecule has 2 heterocycles. The molecule has 4 rings (SSSR count). The number of allylic oxidation sites excluding steroid dienone is 3. The molecule has 0 fully saturated rings. The van der Waals surface area contributed by atoms with Crippen LogP contribution < -0.4 is 10.3 Å². The van der Waals surface area contributed by atoms with Gasteiger partial charge in [-0.15, -0.1) is 0 Å². The van der Waals surface area contributed by atoms with Gasteiger partial charge in [0.25, 0.3) is 5.56 Å². The van der Waals surface area contributed by atoms with E-state index >= 15 is 0 Å². The van der Waals surface area contributed by atoms with Crippen LogP contribution in [-0.4, -0.2) is 27.8 Å². The summed E-state index contributed by atoms with van der Waals surface area (Å²) < 4.78 is 7.00. The van der Waals surface area contributed by atoms with Crippen LogP contribution in [0.25, 0.3) is 0 Å². The highest BCUT2D eigenvalue weighted by Crippen LogP contribution is 2.29. The van der Waals surface area contributed by atoms with Gasteiger partial charge in [-0.1, -0.05) is 23.7 Å². The minimum atomic E-state index is -0.369. The van der Waals surface area contributed by atoms with Crippen LogP contribution in [0.4, 0.5) is 0 Å². The largest absolute Gasteiger partial charge is 0.454 e. The average molecular weight is 356 g/mol. The minimum Gasteiger partial charge on any atom is -0.454 e. The SMILES string of the molecule is Cn1ncc(Oc2ccc3c(c2)CCN(C2=CC=C2)CC3)c(Cl)c1=O. The van der Waals surface area contributed by atoms with Crippen molar-refractivity contribution in [3.8, 4) is 11.5 Å². The maximum absolute atomic E-state index is 11.9. The lowest BCUT2D eigenvalue weighted by atomic mass is 10.0. The van der Waals surface area contributed by atoms with E-state index in [4.69, 9.17) is 16.3 Å². The topological polar surface area (TPSA) is 47.4 Å². The van der Waals surface area contributed by atoms with Gasteiger partial charge in [-0.3, -0.25) is 4.79 Å². The van der Waals surface area contributed by atoms with E-state index in [9.17, 15) is 4.79 Å². The molecule has 1 aliphatic heterocycles. The lowest BCUT2D eigenvalue weighted by Crippen LogP contribution is -2.26. The Morgan fingerprint density at radius 1 is 1.20 bits per heavy atom. The Balaban J connectivity index is 1.55. The van der Waals surface area contributed by atoms with Crippen molar-refractivity contribution in [2.45, 2.75) is 12.8 Å². The normalized spacial score (nSPS) is 15.9. The summed E-state index contributed by atoms with van der Waals surface area (Å²) in [6.45, 7) is 2.01. The maximum atomic E-state index is 11.9. The van der Waals surface area contributed by atoms with E-state index in [0.717, 1.165) is 25.9 Å². The number of hydrogen-bond donors (Lipinski definition) is 0. The van der Waals surface area contributed by atoms with Gasteiger partial charge >= 0.3 is 0 Å². The molecule has 1 aromatic heterocycles. The molecule has 6 heteroatoms. The van der Waals surface area contributed by atoms with Gasteiger partial charge in [0.15, 0.2) is 10.8 Å². The molecule has 0 radical (unpaired) electrons. The highest BCUT2D eigenvalue weighted by atomic mass is 35.5. The zero-order valence-electron chi connectivity index (χ0n) is 13.9. The summed E-state index contributed by atoms with van der Waals surface area (Å²) in [4.78, 5) is 14.3. The van der Waals surface area contributed by atoms with Crippen LogP contribution in [-0.2, 0) is 19.9 Å². The van der Waals surface area contributed by atoms with Gasteiger partial charge in [0.1, 0.15) is 5.75 Å². The summed E-state index contributed by atoms with van der Waals surface area (Å²) in [7, 11) is 1.55. The van der Waals surface area contributed by atoms with Crippen molar-refractivity contribution in [2.75, 3.05) is 13.1 Å². The molecule has 0 bridgehead atoms. The molecular formula is C19H18ClN3O2. The van der Waals surface area contributed by atoms with E-state index in [0.29, 0.717) is 5.75 Å². The van der Waals surface area contributed by atoms with Gasteiger partial charge in [0.2, 0.25) is 0 Å². The first-order valence-corrected chi connectivity index (χ1v) is 8.64. The number of fused-ring (bicyclic) bond motifs is 1. The first-order valence-electron chi connectivity index (χ1n) is 8.26. The number of nitrogens with zero attached hydrogens (tertiary/aromatic N) is 3. The molecule has 2 aliphatic rings. The van der Waals surface area contributed by atoms with Crippen molar-refractivity contribution in [1.82, 2.24) is 14.7 Å². The molecule has 0 saturated carbocycles. The molecule has 128 valence electrons. The van der Waals surface area contributed by atoms with Crippen LogP contribution in [0.2, 0.25) is 5.02 Å². The second-order valence-electron chi connectivity index (χ2n) is 6.22. The van der Waals surface area contributed by atoms with E-state index < -0.39 is 0 Å². The molecule has 0 unspecified atom stereocenters. The van der Waals surface area contributed by atoms with E-state index in [2.05, 4.69) is 34.3 Å². The Hall–Kier alpha value is -2.53. The van der Waals surface area contributed by atoms with Crippen LogP contribution >= 0.6 is 11.6 Å². The summed E-state index contributed by atoms with van der Waals surface area (Å²) in [6.07, 6.45) is 9.80. The molecule has 0 saturated heterocycles. The zero-order chi connectivity index (χ0) is 17.4. The summed E-state index contributed by atoms with van der Waals surface area (Å²) in [5.74, 6) is 0.955. The average Bonchev–Trinajstić information content (AvgIpc) is 2.77. The number of aromatic nitrogens is 2.